The van der Waals surface area contributed by atoms with Crippen LogP contribution in [0.4, 0.5) is 4.79 Å². The summed E-state index contributed by atoms with van der Waals surface area (Å²) >= 11 is 0. The van der Waals surface area contributed by atoms with Crippen LogP contribution in [0.3, 0.4) is 0 Å². The fourth-order valence-corrected chi connectivity index (χ4v) is 4.69. The molecule has 0 N–H and O–H groups in total. The fourth-order valence-electron chi connectivity index (χ4n) is 4.69. The number of ether oxygens (including phenoxy) is 3. The van der Waals surface area contributed by atoms with Crippen LogP contribution >= 0.6 is 0 Å². The zero-order valence-corrected chi connectivity index (χ0v) is 19.0. The molecule has 1 amide bonds. The molecular formula is C27H30N2O4. The van der Waals surface area contributed by atoms with Crippen LogP contribution in [0.1, 0.15) is 31.2 Å². The van der Waals surface area contributed by atoms with Crippen molar-refractivity contribution in [3.63, 3.8) is 0 Å². The summed E-state index contributed by atoms with van der Waals surface area (Å²) in [6, 6.07) is 16.6. The highest BCUT2D eigenvalue weighted by Crippen LogP contribution is 2.30. The van der Waals surface area contributed by atoms with Gasteiger partial charge < -0.3 is 19.1 Å². The lowest BCUT2D eigenvalue weighted by atomic mass is 9.98. The summed E-state index contributed by atoms with van der Waals surface area (Å²) in [5, 5.41) is 1.15. The van der Waals surface area contributed by atoms with Crippen LogP contribution in [0.5, 0.6) is 5.75 Å². The molecule has 6 nitrogen and oxygen atoms in total. The molecule has 0 spiro atoms. The predicted octanol–water partition coefficient (Wildman–Crippen LogP) is 5.37. The molecule has 1 aromatic heterocycles. The molecule has 3 heterocycles. The van der Waals surface area contributed by atoms with Crippen LogP contribution in [-0.4, -0.2) is 54.5 Å². The van der Waals surface area contributed by atoms with Gasteiger partial charge in [-0.2, -0.15) is 0 Å². The Morgan fingerprint density at radius 1 is 1.03 bits per heavy atom. The first kappa shape index (κ1) is 21.7. The number of hydrogen-bond donors (Lipinski definition) is 0. The minimum Gasteiger partial charge on any atom is -0.490 e. The standard InChI is InChI=1S/C27H30N2O4/c1-19-25(11-8-21-4-2-14-28-26(19)21)20-6-9-22(10-7-20)32-23-12-15-29(16-13-23)27(30)33-24-5-3-17-31-18-24/h2,4,6-11,14,23-24H,3,5,12-13,15-18H2,1H3. The number of amides is 1. The van der Waals surface area contributed by atoms with Crippen molar-refractivity contribution in [2.24, 2.45) is 0 Å². The maximum Gasteiger partial charge on any atom is 0.410 e. The quantitative estimate of drug-likeness (QED) is 0.539. The third-order valence-corrected chi connectivity index (χ3v) is 6.58. The maximum atomic E-state index is 12.4. The van der Waals surface area contributed by atoms with E-state index < -0.39 is 0 Å². The molecule has 0 aliphatic carbocycles. The zero-order valence-electron chi connectivity index (χ0n) is 19.0. The molecule has 5 rings (SSSR count). The van der Waals surface area contributed by atoms with Gasteiger partial charge in [0.25, 0.3) is 0 Å². The minimum atomic E-state index is -0.228. The summed E-state index contributed by atoms with van der Waals surface area (Å²) in [6.07, 6.45) is 5.03. The molecule has 1 atom stereocenters. The van der Waals surface area contributed by atoms with Gasteiger partial charge in [-0.3, -0.25) is 4.98 Å². The topological polar surface area (TPSA) is 60.9 Å². The Bertz CT molecular complexity index is 1100. The lowest BCUT2D eigenvalue weighted by molar-refractivity contribution is -0.0308. The molecule has 2 saturated heterocycles. The Morgan fingerprint density at radius 2 is 1.85 bits per heavy atom. The van der Waals surface area contributed by atoms with E-state index >= 15 is 0 Å². The number of rotatable bonds is 4. The highest BCUT2D eigenvalue weighted by Gasteiger charge is 2.27. The summed E-state index contributed by atoms with van der Waals surface area (Å²) in [7, 11) is 0. The van der Waals surface area contributed by atoms with Gasteiger partial charge in [-0.25, -0.2) is 4.79 Å². The largest absolute Gasteiger partial charge is 0.490 e. The van der Waals surface area contributed by atoms with Gasteiger partial charge in [0.1, 0.15) is 18.0 Å². The van der Waals surface area contributed by atoms with Gasteiger partial charge in [-0.15, -0.1) is 0 Å². The van der Waals surface area contributed by atoms with Crippen molar-refractivity contribution in [2.45, 2.75) is 44.8 Å². The Kier molecular flexibility index (Phi) is 6.44. The number of likely N-dealkylation sites (tertiary alicyclic amines) is 1. The van der Waals surface area contributed by atoms with Crippen LogP contribution in [0.25, 0.3) is 22.0 Å². The van der Waals surface area contributed by atoms with Crippen LogP contribution in [0.2, 0.25) is 0 Å². The number of aromatic nitrogens is 1. The van der Waals surface area contributed by atoms with E-state index in [9.17, 15) is 4.79 Å². The van der Waals surface area contributed by atoms with Gasteiger partial charge in [0.2, 0.25) is 0 Å². The molecule has 6 heteroatoms. The number of hydrogen-bond acceptors (Lipinski definition) is 5. The lowest BCUT2D eigenvalue weighted by Gasteiger charge is -2.33. The normalized spacial score (nSPS) is 19.4. The van der Waals surface area contributed by atoms with Crippen molar-refractivity contribution in [1.29, 1.82) is 0 Å². The molecule has 0 radical (unpaired) electrons. The first-order valence-corrected chi connectivity index (χ1v) is 11.8. The highest BCUT2D eigenvalue weighted by atomic mass is 16.6. The van der Waals surface area contributed by atoms with E-state index in [0.717, 1.165) is 54.5 Å². The van der Waals surface area contributed by atoms with E-state index in [4.69, 9.17) is 14.2 Å². The van der Waals surface area contributed by atoms with E-state index in [2.05, 4.69) is 42.2 Å². The number of piperidine rings is 1. The first-order valence-electron chi connectivity index (χ1n) is 11.8. The number of benzene rings is 2. The van der Waals surface area contributed by atoms with Gasteiger partial charge in [-0.1, -0.05) is 30.3 Å². The van der Waals surface area contributed by atoms with E-state index in [1.54, 1.807) is 4.90 Å². The molecule has 2 fully saturated rings. The van der Waals surface area contributed by atoms with Crippen molar-refractivity contribution >= 4 is 17.0 Å². The third-order valence-electron chi connectivity index (χ3n) is 6.58. The van der Waals surface area contributed by atoms with Gasteiger partial charge in [-0.05, 0) is 54.7 Å². The minimum absolute atomic E-state index is 0.101. The van der Waals surface area contributed by atoms with E-state index in [1.165, 1.54) is 11.1 Å². The second-order valence-electron chi connectivity index (χ2n) is 8.86. The Hall–Kier alpha value is -3.12. The molecule has 33 heavy (non-hydrogen) atoms. The van der Waals surface area contributed by atoms with Crippen LogP contribution in [0, 0.1) is 6.92 Å². The first-order chi connectivity index (χ1) is 16.2. The number of pyridine rings is 1. The Morgan fingerprint density at radius 3 is 2.61 bits per heavy atom. The summed E-state index contributed by atoms with van der Waals surface area (Å²) in [5.74, 6) is 0.857. The van der Waals surface area contributed by atoms with Gasteiger partial charge >= 0.3 is 6.09 Å². The molecular weight excluding hydrogens is 416 g/mol. The fraction of sp³-hybridized carbons (Fsp3) is 0.407. The molecule has 2 aliphatic rings. The van der Waals surface area contributed by atoms with Gasteiger partial charge in [0.05, 0.1) is 12.1 Å². The second kappa shape index (κ2) is 9.79. The molecule has 0 saturated carbocycles. The van der Waals surface area contributed by atoms with Crippen molar-refractivity contribution < 1.29 is 19.0 Å². The SMILES string of the molecule is Cc1c(-c2ccc(OC3CCN(C(=O)OC4CCCOC4)CC3)cc2)ccc2cccnc12. The number of aryl methyl sites for hydroxylation is 1. The summed E-state index contributed by atoms with van der Waals surface area (Å²) in [4.78, 5) is 18.7. The van der Waals surface area contributed by atoms with Crippen LogP contribution in [-0.2, 0) is 9.47 Å². The predicted molar refractivity (Wildman–Crippen MR) is 127 cm³/mol. The van der Waals surface area contributed by atoms with Crippen LogP contribution < -0.4 is 4.74 Å². The van der Waals surface area contributed by atoms with Gasteiger partial charge in [0.15, 0.2) is 0 Å². The summed E-state index contributed by atoms with van der Waals surface area (Å²) < 4.78 is 17.2. The van der Waals surface area contributed by atoms with Crippen molar-refractivity contribution in [1.82, 2.24) is 9.88 Å². The number of carbonyl (C=O) groups excluding carboxylic acids is 1. The smallest absolute Gasteiger partial charge is 0.410 e. The second-order valence-corrected chi connectivity index (χ2v) is 8.86. The van der Waals surface area contributed by atoms with Gasteiger partial charge in [0, 0.05) is 44.1 Å². The number of nitrogens with zero attached hydrogens (tertiary/aromatic N) is 2. The highest BCUT2D eigenvalue weighted by molar-refractivity contribution is 5.88. The third kappa shape index (κ3) is 4.96. The zero-order chi connectivity index (χ0) is 22.6. The average Bonchev–Trinajstić information content (AvgIpc) is 2.86. The number of carbonyl (C=O) groups is 1. The maximum absolute atomic E-state index is 12.4. The van der Waals surface area contributed by atoms with Crippen molar-refractivity contribution in [3.05, 3.63) is 60.3 Å². The molecule has 2 aromatic carbocycles. The van der Waals surface area contributed by atoms with Crippen molar-refractivity contribution in [2.75, 3.05) is 26.3 Å². The van der Waals surface area contributed by atoms with E-state index in [1.807, 2.05) is 24.4 Å². The molecule has 2 aliphatic heterocycles. The monoisotopic (exact) mass is 446 g/mol. The summed E-state index contributed by atoms with van der Waals surface area (Å²) in [5.41, 5.74) is 4.55. The van der Waals surface area contributed by atoms with E-state index in [0.29, 0.717) is 19.7 Å². The molecule has 3 aromatic rings. The van der Waals surface area contributed by atoms with Crippen molar-refractivity contribution in [3.8, 4) is 16.9 Å². The molecule has 0 bridgehead atoms. The Labute approximate surface area is 194 Å². The summed E-state index contributed by atoms with van der Waals surface area (Å²) in [6.45, 7) is 4.69. The average molecular weight is 447 g/mol. The Balaban J connectivity index is 1.16. The number of fused-ring (bicyclic) bond motifs is 1. The van der Waals surface area contributed by atoms with Crippen LogP contribution in [0.15, 0.2) is 54.7 Å². The molecule has 172 valence electrons. The lowest BCUT2D eigenvalue weighted by Crippen LogP contribution is -2.44. The van der Waals surface area contributed by atoms with E-state index in [-0.39, 0.29) is 18.3 Å². The molecule has 1 unspecified atom stereocenters.